The van der Waals surface area contributed by atoms with Crippen molar-refractivity contribution in [2.45, 2.75) is 6.54 Å². The normalized spacial score (nSPS) is 12.9. The van der Waals surface area contributed by atoms with Gasteiger partial charge < -0.3 is 19.6 Å². The molecule has 0 bridgehead atoms. The van der Waals surface area contributed by atoms with Gasteiger partial charge in [-0.1, -0.05) is 42.5 Å². The lowest BCUT2D eigenvalue weighted by Crippen LogP contribution is -2.29. The molecule has 0 fully saturated rings. The van der Waals surface area contributed by atoms with E-state index in [-0.39, 0.29) is 25.4 Å². The number of benzene rings is 2. The second kappa shape index (κ2) is 7.89. The van der Waals surface area contributed by atoms with Gasteiger partial charge in [-0.05, 0) is 16.3 Å². The lowest BCUT2D eigenvalue weighted by molar-refractivity contribution is 0.278. The topological polar surface area (TPSA) is 118 Å². The number of fused-ring (bicyclic) bond motifs is 1. The maximum absolute atomic E-state index is 11.1. The molecule has 0 amide bonds. The Morgan fingerprint density at radius 3 is 1.92 bits per heavy atom. The quantitative estimate of drug-likeness (QED) is 0.523. The summed E-state index contributed by atoms with van der Waals surface area (Å²) in [5, 5.41) is 2.05. The molecule has 0 radical (unpaired) electrons. The van der Waals surface area contributed by atoms with Crippen LogP contribution in [0.3, 0.4) is 0 Å². The van der Waals surface area contributed by atoms with Gasteiger partial charge in [-0.2, -0.15) is 0 Å². The Hall–Kier alpha value is -1.04. The van der Waals surface area contributed by atoms with E-state index in [0.717, 1.165) is 16.3 Å². The molecule has 2 aromatic carbocycles. The largest absolute Gasteiger partial charge is 0.326 e. The Morgan fingerprint density at radius 2 is 1.33 bits per heavy atom. The monoisotopic (exact) mass is 373 g/mol. The van der Waals surface area contributed by atoms with Gasteiger partial charge in [0.2, 0.25) is 0 Å². The Bertz CT molecular complexity index is 753. The number of hydrogen-bond donors (Lipinski definition) is 4. The molecular formula is C15H21NO6P2. The first kappa shape index (κ1) is 19.3. The third-order valence-corrected chi connectivity index (χ3v) is 5.25. The van der Waals surface area contributed by atoms with Gasteiger partial charge in [0.05, 0.1) is 12.3 Å². The second-order valence-electron chi connectivity index (χ2n) is 5.69. The first-order valence-electron chi connectivity index (χ1n) is 7.42. The Labute approximate surface area is 140 Å². The highest BCUT2D eigenvalue weighted by molar-refractivity contribution is 7.52. The summed E-state index contributed by atoms with van der Waals surface area (Å²) in [6, 6.07) is 13.5. The summed E-state index contributed by atoms with van der Waals surface area (Å²) in [5.74, 6) is 0. The molecule has 0 aromatic heterocycles. The third-order valence-electron chi connectivity index (χ3n) is 3.69. The van der Waals surface area contributed by atoms with Crippen molar-refractivity contribution < 1.29 is 28.7 Å². The molecule has 0 saturated heterocycles. The van der Waals surface area contributed by atoms with Crippen LogP contribution in [0.15, 0.2) is 42.5 Å². The van der Waals surface area contributed by atoms with Crippen molar-refractivity contribution in [3.63, 3.8) is 0 Å². The predicted molar refractivity (Wildman–Crippen MR) is 93.0 cm³/mol. The highest BCUT2D eigenvalue weighted by Crippen LogP contribution is 2.36. The van der Waals surface area contributed by atoms with E-state index in [1.807, 2.05) is 42.5 Å². The van der Waals surface area contributed by atoms with Crippen LogP contribution < -0.4 is 0 Å². The second-order valence-corrected chi connectivity index (χ2v) is 9.24. The molecule has 4 N–H and O–H groups in total. The zero-order chi connectivity index (χ0) is 17.8. The van der Waals surface area contributed by atoms with Crippen LogP contribution in [0.5, 0.6) is 0 Å². The Morgan fingerprint density at radius 1 is 0.792 bits per heavy atom. The van der Waals surface area contributed by atoms with Crippen molar-refractivity contribution in [1.29, 1.82) is 0 Å². The summed E-state index contributed by atoms with van der Waals surface area (Å²) in [6.45, 7) is 0.488. The van der Waals surface area contributed by atoms with Crippen LogP contribution in [0.4, 0.5) is 0 Å². The van der Waals surface area contributed by atoms with Crippen LogP contribution in [0.25, 0.3) is 10.8 Å². The van der Waals surface area contributed by atoms with Gasteiger partial charge >= 0.3 is 15.2 Å². The fourth-order valence-electron chi connectivity index (χ4n) is 2.48. The molecule has 2 aromatic rings. The molecule has 0 unspecified atom stereocenters. The number of hydrogen-bond acceptors (Lipinski definition) is 3. The maximum atomic E-state index is 11.1. The molecule has 0 aliphatic carbocycles. The molecule has 0 saturated carbocycles. The molecule has 0 aliphatic heterocycles. The molecule has 0 atom stereocenters. The third kappa shape index (κ3) is 6.46. The van der Waals surface area contributed by atoms with E-state index in [1.165, 1.54) is 0 Å². The average Bonchev–Trinajstić information content (AvgIpc) is 2.48. The van der Waals surface area contributed by atoms with Crippen LogP contribution in [0.1, 0.15) is 5.56 Å². The van der Waals surface area contributed by atoms with Gasteiger partial charge in [0, 0.05) is 19.6 Å². The van der Waals surface area contributed by atoms with E-state index < -0.39 is 15.2 Å². The van der Waals surface area contributed by atoms with Crippen molar-refractivity contribution in [3.8, 4) is 0 Å². The van der Waals surface area contributed by atoms with Gasteiger partial charge in [-0.15, -0.1) is 0 Å². The number of rotatable bonds is 8. The Kier molecular flexibility index (Phi) is 6.34. The summed E-state index contributed by atoms with van der Waals surface area (Å²) in [5.41, 5.74) is 0.949. The molecule has 0 aliphatic rings. The maximum Gasteiger partial charge on any atom is 0.326 e. The van der Waals surface area contributed by atoms with Crippen molar-refractivity contribution >= 4 is 26.0 Å². The van der Waals surface area contributed by atoms with Gasteiger partial charge in [0.25, 0.3) is 0 Å². The van der Waals surface area contributed by atoms with Gasteiger partial charge in [-0.25, -0.2) is 0 Å². The lowest BCUT2D eigenvalue weighted by atomic mass is 10.0. The summed E-state index contributed by atoms with van der Waals surface area (Å²) < 4.78 is 22.2. The van der Waals surface area contributed by atoms with Crippen molar-refractivity contribution in [3.05, 3.63) is 48.0 Å². The fourth-order valence-corrected chi connectivity index (χ4v) is 3.57. The Balaban J connectivity index is 2.19. The number of nitrogens with zero attached hydrogens (tertiary/aromatic N) is 1. The van der Waals surface area contributed by atoms with Crippen LogP contribution in [-0.2, 0) is 15.7 Å². The van der Waals surface area contributed by atoms with Gasteiger partial charge in [0.1, 0.15) is 0 Å². The van der Waals surface area contributed by atoms with Crippen molar-refractivity contribution in [2.24, 2.45) is 0 Å². The van der Waals surface area contributed by atoms with Crippen molar-refractivity contribution in [1.82, 2.24) is 4.90 Å². The van der Waals surface area contributed by atoms with Gasteiger partial charge in [0.15, 0.2) is 0 Å². The summed E-state index contributed by atoms with van der Waals surface area (Å²) in [4.78, 5) is 37.9. The molecule has 0 spiro atoms. The summed E-state index contributed by atoms with van der Waals surface area (Å²) >= 11 is 0. The highest BCUT2D eigenvalue weighted by Gasteiger charge is 2.20. The van der Waals surface area contributed by atoms with E-state index >= 15 is 0 Å². The predicted octanol–water partition coefficient (Wildman–Crippen LogP) is 2.00. The minimum atomic E-state index is -4.17. The van der Waals surface area contributed by atoms with E-state index in [9.17, 15) is 9.13 Å². The first-order chi connectivity index (χ1) is 11.1. The van der Waals surface area contributed by atoms with E-state index in [1.54, 1.807) is 4.90 Å². The minimum Gasteiger partial charge on any atom is -0.324 e. The van der Waals surface area contributed by atoms with E-state index in [2.05, 4.69) is 0 Å². The van der Waals surface area contributed by atoms with E-state index in [0.29, 0.717) is 6.54 Å². The van der Waals surface area contributed by atoms with Crippen molar-refractivity contribution in [2.75, 3.05) is 25.4 Å². The molecule has 7 nitrogen and oxygen atoms in total. The smallest absolute Gasteiger partial charge is 0.324 e. The highest BCUT2D eigenvalue weighted by atomic mass is 31.2. The molecule has 9 heteroatoms. The van der Waals surface area contributed by atoms with Crippen LogP contribution in [0, 0.1) is 0 Å². The fraction of sp³-hybridized carbons (Fsp3) is 0.333. The molecule has 132 valence electrons. The first-order valence-corrected chi connectivity index (χ1v) is 11.0. The van der Waals surface area contributed by atoms with Gasteiger partial charge in [-0.3, -0.25) is 14.0 Å². The van der Waals surface area contributed by atoms with E-state index in [4.69, 9.17) is 19.6 Å². The molecule has 24 heavy (non-hydrogen) atoms. The standard InChI is InChI=1S/C15H21NO6P2/c17-23(18,19)10-8-16(9-11-24(20,21)22)12-14-6-3-5-13-4-1-2-7-15(13)14/h1-7H,8-12H2,(H2,17,18,19)(H2,20,21,22). The SMILES string of the molecule is O=P(O)(O)CCN(CCP(=O)(O)O)Cc1cccc2ccccc12. The summed E-state index contributed by atoms with van der Waals surface area (Å²) in [6.07, 6.45) is -0.697. The zero-order valence-electron chi connectivity index (χ0n) is 13.0. The average molecular weight is 373 g/mol. The minimum absolute atomic E-state index is 0.0630. The summed E-state index contributed by atoms with van der Waals surface area (Å²) in [7, 11) is -8.34. The van der Waals surface area contributed by atoms with Crippen LogP contribution in [0.2, 0.25) is 0 Å². The molecule has 0 heterocycles. The zero-order valence-corrected chi connectivity index (χ0v) is 14.8. The molecular weight excluding hydrogens is 352 g/mol. The molecule has 2 rings (SSSR count). The van der Waals surface area contributed by atoms with Crippen LogP contribution in [-0.4, -0.2) is 49.9 Å². The lowest BCUT2D eigenvalue weighted by Gasteiger charge is -2.23. The van der Waals surface area contributed by atoms with Crippen LogP contribution >= 0.6 is 15.2 Å².